The molecule has 0 radical (unpaired) electrons. The lowest BCUT2D eigenvalue weighted by atomic mass is 10.2. The molecule has 4 aromatic heterocycles. The van der Waals surface area contributed by atoms with Gasteiger partial charge in [0.25, 0.3) is 0 Å². The predicted octanol–water partition coefficient (Wildman–Crippen LogP) is 3.56. The second-order valence-electron chi connectivity index (χ2n) is 14.8. The van der Waals surface area contributed by atoms with Gasteiger partial charge in [0.2, 0.25) is 0 Å². The summed E-state index contributed by atoms with van der Waals surface area (Å²) in [7, 11) is 0. The molecule has 2 unspecified atom stereocenters. The number of thioether (sulfide) groups is 2. The van der Waals surface area contributed by atoms with E-state index < -0.39 is 0 Å². The van der Waals surface area contributed by atoms with Gasteiger partial charge in [0.05, 0.1) is 12.7 Å². The first-order chi connectivity index (χ1) is 29.3. The van der Waals surface area contributed by atoms with Gasteiger partial charge < -0.3 is 24.9 Å². The number of ether oxygens (including phenoxy) is 2. The number of rotatable bonds is 16. The number of H-pyrrole nitrogens is 2. The van der Waals surface area contributed by atoms with Crippen LogP contribution in [-0.4, -0.2) is 166 Å². The Morgan fingerprint density at radius 1 is 0.574 bits per heavy atom. The van der Waals surface area contributed by atoms with E-state index >= 15 is 0 Å². The fraction of sp³-hybridized carbons (Fsp3) is 0.429. The molecule has 4 N–H and O–H groups in total. The van der Waals surface area contributed by atoms with E-state index in [1.54, 1.807) is 36.2 Å². The van der Waals surface area contributed by atoms with E-state index in [0.29, 0.717) is 22.8 Å². The molecule has 61 heavy (non-hydrogen) atoms. The second-order valence-corrected chi connectivity index (χ2v) is 16.8. The first-order valence-corrected chi connectivity index (χ1v) is 22.2. The third kappa shape index (κ3) is 14.0. The fourth-order valence-electron chi connectivity index (χ4n) is 7.28. The van der Waals surface area contributed by atoms with Crippen molar-refractivity contribution in [1.82, 2.24) is 59.5 Å². The standard InChI is InChI=1S/2C21H26N6O2S.H2O/c2*1-16(28)29-18(13-30-21-19-20(23-14-22-19)24-15-25-21)12-27-9-7-26(8-10-27)11-17-5-3-2-4-6-17;/h2*2-6,14-15,18H,7-13H2,1H3,(H,22,23,24,25);1H2. The fourth-order valence-corrected chi connectivity index (χ4v) is 9.13. The van der Waals surface area contributed by atoms with Crippen molar-refractivity contribution in [2.24, 2.45) is 0 Å². The minimum absolute atomic E-state index is 0. The van der Waals surface area contributed by atoms with Crippen LogP contribution in [0.4, 0.5) is 0 Å². The Bertz CT molecular complexity index is 2080. The summed E-state index contributed by atoms with van der Waals surface area (Å²) in [5, 5.41) is 1.59. The van der Waals surface area contributed by atoms with Gasteiger partial charge in [-0.2, -0.15) is 0 Å². The van der Waals surface area contributed by atoms with Gasteiger partial charge in [0.1, 0.15) is 45.9 Å². The third-order valence-electron chi connectivity index (χ3n) is 10.2. The normalized spacial score (nSPS) is 16.3. The van der Waals surface area contributed by atoms with Gasteiger partial charge >= 0.3 is 11.9 Å². The number of imidazole rings is 2. The molecular weight excluding hydrogens is 817 g/mol. The van der Waals surface area contributed by atoms with Crippen molar-refractivity contribution in [2.75, 3.05) is 77.0 Å². The number of carbonyl (C=O) groups is 2. The maximum Gasteiger partial charge on any atom is 0.302 e. The summed E-state index contributed by atoms with van der Waals surface area (Å²) in [5.41, 5.74) is 5.61. The van der Waals surface area contributed by atoms with E-state index in [0.717, 1.165) is 99.6 Å². The van der Waals surface area contributed by atoms with Crippen LogP contribution in [0.3, 0.4) is 0 Å². The van der Waals surface area contributed by atoms with Crippen LogP contribution in [0.15, 0.2) is 96.0 Å². The van der Waals surface area contributed by atoms with Crippen LogP contribution in [0.25, 0.3) is 22.3 Å². The third-order valence-corrected chi connectivity index (χ3v) is 12.4. The average molecular weight is 871 g/mol. The Hall–Kier alpha value is -5.02. The van der Waals surface area contributed by atoms with Crippen LogP contribution in [0, 0.1) is 0 Å². The van der Waals surface area contributed by atoms with Gasteiger partial charge in [-0.3, -0.25) is 29.2 Å². The summed E-state index contributed by atoms with van der Waals surface area (Å²) >= 11 is 3.10. The lowest BCUT2D eigenvalue weighted by Crippen LogP contribution is -2.49. The Labute approximate surface area is 363 Å². The number of aromatic nitrogens is 8. The zero-order valence-corrected chi connectivity index (χ0v) is 36.2. The molecule has 0 aliphatic carbocycles. The van der Waals surface area contributed by atoms with Crippen molar-refractivity contribution in [3.05, 3.63) is 97.1 Å². The highest BCUT2D eigenvalue weighted by molar-refractivity contribution is 7.99. The minimum Gasteiger partial charge on any atom is -0.460 e. The van der Waals surface area contributed by atoms with E-state index in [1.165, 1.54) is 37.6 Å². The molecule has 324 valence electrons. The molecule has 17 nitrogen and oxygen atoms in total. The molecule has 2 atom stereocenters. The molecule has 2 saturated heterocycles. The summed E-state index contributed by atoms with van der Waals surface area (Å²) in [5.74, 6) is 0.748. The van der Waals surface area contributed by atoms with Crippen LogP contribution in [0.5, 0.6) is 0 Å². The number of nitrogens with zero attached hydrogens (tertiary/aromatic N) is 10. The zero-order valence-electron chi connectivity index (χ0n) is 34.6. The molecule has 6 aromatic rings. The van der Waals surface area contributed by atoms with E-state index in [9.17, 15) is 9.59 Å². The Balaban J connectivity index is 0.000000201. The summed E-state index contributed by atoms with van der Waals surface area (Å²) in [6.07, 6.45) is 5.88. The molecule has 0 spiro atoms. The van der Waals surface area contributed by atoms with Crippen molar-refractivity contribution in [3.63, 3.8) is 0 Å². The molecule has 0 bridgehead atoms. The Morgan fingerprint density at radius 2 is 0.951 bits per heavy atom. The van der Waals surface area contributed by atoms with Gasteiger partial charge in [-0.15, -0.1) is 23.5 Å². The lowest BCUT2D eigenvalue weighted by molar-refractivity contribution is -0.147. The molecular formula is C42H54N12O5S2. The monoisotopic (exact) mass is 870 g/mol. The molecule has 6 heterocycles. The number of fused-ring (bicyclic) bond motifs is 2. The number of benzene rings is 2. The van der Waals surface area contributed by atoms with E-state index in [-0.39, 0.29) is 29.6 Å². The Kier molecular flexibility index (Phi) is 17.4. The van der Waals surface area contributed by atoms with Crippen LogP contribution in [0.2, 0.25) is 0 Å². The highest BCUT2D eigenvalue weighted by atomic mass is 32.2. The second kappa shape index (κ2) is 23.3. The number of piperazine rings is 2. The van der Waals surface area contributed by atoms with Crippen LogP contribution in [-0.2, 0) is 32.2 Å². The molecule has 19 heteroatoms. The van der Waals surface area contributed by atoms with Crippen molar-refractivity contribution >= 4 is 57.8 Å². The maximum absolute atomic E-state index is 11.6. The smallest absolute Gasteiger partial charge is 0.302 e. The summed E-state index contributed by atoms with van der Waals surface area (Å²) in [4.78, 5) is 64.5. The minimum atomic E-state index is -0.254. The van der Waals surface area contributed by atoms with Crippen molar-refractivity contribution < 1.29 is 24.5 Å². The van der Waals surface area contributed by atoms with Crippen LogP contribution >= 0.6 is 23.5 Å². The maximum atomic E-state index is 11.6. The zero-order chi connectivity index (χ0) is 41.5. The van der Waals surface area contributed by atoms with Gasteiger partial charge in [-0.05, 0) is 11.1 Å². The predicted molar refractivity (Wildman–Crippen MR) is 236 cm³/mol. The first kappa shape index (κ1) is 45.5. The van der Waals surface area contributed by atoms with Gasteiger partial charge in [0, 0.05) is 104 Å². The molecule has 2 fully saturated rings. The van der Waals surface area contributed by atoms with E-state index in [2.05, 4.69) is 108 Å². The largest absolute Gasteiger partial charge is 0.460 e. The van der Waals surface area contributed by atoms with Crippen molar-refractivity contribution in [2.45, 2.75) is 49.2 Å². The molecule has 2 aliphatic rings. The number of carbonyl (C=O) groups excluding carboxylic acids is 2. The van der Waals surface area contributed by atoms with Gasteiger partial charge in [0.15, 0.2) is 11.3 Å². The SMILES string of the molecule is CC(=O)OC(CSc1ncnc2[nH]cnc12)CN1CCN(Cc2ccccc2)CC1.CC(=O)OC(CSc1ncnc2[nH]cnc12)CN1CCN(Cc2ccccc2)CC1.O. The van der Waals surface area contributed by atoms with E-state index in [4.69, 9.17) is 9.47 Å². The number of hydrogen-bond donors (Lipinski definition) is 2. The van der Waals surface area contributed by atoms with E-state index in [1.807, 2.05) is 12.1 Å². The number of esters is 2. The van der Waals surface area contributed by atoms with Gasteiger partial charge in [-0.1, -0.05) is 60.7 Å². The molecule has 0 saturated carbocycles. The average Bonchev–Trinajstić information content (AvgIpc) is 3.95. The van der Waals surface area contributed by atoms with Crippen LogP contribution in [0.1, 0.15) is 25.0 Å². The molecule has 8 rings (SSSR count). The topological polar surface area (TPSA) is 206 Å². The summed E-state index contributed by atoms with van der Waals surface area (Å²) < 4.78 is 11.2. The lowest BCUT2D eigenvalue weighted by Gasteiger charge is -2.36. The number of hydrogen-bond acceptors (Lipinski definition) is 16. The first-order valence-electron chi connectivity index (χ1n) is 20.2. The number of nitrogens with one attached hydrogen (secondary N) is 2. The highest BCUT2D eigenvalue weighted by Gasteiger charge is 2.25. The van der Waals surface area contributed by atoms with Crippen LogP contribution < -0.4 is 0 Å². The summed E-state index contributed by atoms with van der Waals surface area (Å²) in [6, 6.07) is 21.1. The Morgan fingerprint density at radius 3 is 1.33 bits per heavy atom. The quantitative estimate of drug-likeness (QED) is 0.0810. The van der Waals surface area contributed by atoms with Gasteiger partial charge in [-0.25, -0.2) is 29.9 Å². The number of aromatic amines is 2. The van der Waals surface area contributed by atoms with Crippen molar-refractivity contribution in [1.29, 1.82) is 0 Å². The summed E-state index contributed by atoms with van der Waals surface area (Å²) in [6.45, 7) is 14.2. The molecule has 2 aromatic carbocycles. The highest BCUT2D eigenvalue weighted by Crippen LogP contribution is 2.25. The molecule has 2 aliphatic heterocycles. The van der Waals surface area contributed by atoms with Crippen molar-refractivity contribution in [3.8, 4) is 0 Å². The molecule has 0 amide bonds.